The highest BCUT2D eigenvalue weighted by atomic mass is 32.2. The van der Waals surface area contributed by atoms with Gasteiger partial charge >= 0.3 is 0 Å². The lowest BCUT2D eigenvalue weighted by Crippen LogP contribution is -2.43. The maximum absolute atomic E-state index is 12.4. The van der Waals surface area contributed by atoms with Crippen LogP contribution in [0.4, 0.5) is 5.95 Å². The van der Waals surface area contributed by atoms with Crippen LogP contribution in [0, 0.1) is 5.41 Å². The molecule has 0 unspecified atom stereocenters. The lowest BCUT2D eigenvalue weighted by molar-refractivity contribution is 0.187. The van der Waals surface area contributed by atoms with Crippen molar-refractivity contribution in [1.82, 2.24) is 14.3 Å². The lowest BCUT2D eigenvalue weighted by Gasteiger charge is -2.37. The number of aromatic nitrogens is 2. The molecule has 1 aromatic heterocycles. The molecule has 18 heavy (non-hydrogen) atoms. The molecule has 1 aliphatic heterocycles. The zero-order valence-corrected chi connectivity index (χ0v) is 11.4. The summed E-state index contributed by atoms with van der Waals surface area (Å²) in [5.74, 6) is 0.0768. The molecule has 6 nitrogen and oxygen atoms in total. The molecule has 1 saturated heterocycles. The van der Waals surface area contributed by atoms with E-state index in [9.17, 15) is 8.42 Å². The minimum Gasteiger partial charge on any atom is -0.368 e. The summed E-state index contributed by atoms with van der Waals surface area (Å²) in [5.41, 5.74) is 5.37. The third-order valence-corrected chi connectivity index (χ3v) is 4.95. The van der Waals surface area contributed by atoms with E-state index in [-0.39, 0.29) is 16.3 Å². The summed E-state index contributed by atoms with van der Waals surface area (Å²) >= 11 is 0. The maximum atomic E-state index is 12.4. The summed E-state index contributed by atoms with van der Waals surface area (Å²) in [4.78, 5) is 7.58. The Morgan fingerprint density at radius 2 is 1.94 bits per heavy atom. The molecular weight excluding hydrogens is 252 g/mol. The van der Waals surface area contributed by atoms with Gasteiger partial charge in [0.15, 0.2) is 0 Å². The summed E-state index contributed by atoms with van der Waals surface area (Å²) < 4.78 is 26.3. The van der Waals surface area contributed by atoms with Gasteiger partial charge in [0.1, 0.15) is 4.90 Å². The molecular formula is C11H18N4O2S. The van der Waals surface area contributed by atoms with Crippen molar-refractivity contribution in [2.45, 2.75) is 31.6 Å². The van der Waals surface area contributed by atoms with Crippen LogP contribution in [-0.2, 0) is 10.0 Å². The molecule has 1 fully saturated rings. The number of nitrogen functional groups attached to an aromatic ring is 1. The van der Waals surface area contributed by atoms with Crippen LogP contribution in [0.1, 0.15) is 26.7 Å². The highest BCUT2D eigenvalue weighted by Crippen LogP contribution is 2.31. The van der Waals surface area contributed by atoms with Gasteiger partial charge in [0, 0.05) is 13.1 Å². The third kappa shape index (κ3) is 2.62. The lowest BCUT2D eigenvalue weighted by atomic mass is 9.85. The molecule has 0 saturated carbocycles. The van der Waals surface area contributed by atoms with Crippen molar-refractivity contribution in [2.75, 3.05) is 18.8 Å². The second kappa shape index (κ2) is 4.47. The summed E-state index contributed by atoms with van der Waals surface area (Å²) in [6, 6.07) is 0. The van der Waals surface area contributed by atoms with Crippen molar-refractivity contribution in [3.05, 3.63) is 12.4 Å². The molecule has 0 aromatic carbocycles. The van der Waals surface area contributed by atoms with Crippen molar-refractivity contribution in [1.29, 1.82) is 0 Å². The monoisotopic (exact) mass is 270 g/mol. The van der Waals surface area contributed by atoms with E-state index in [0.29, 0.717) is 13.1 Å². The first-order valence-corrected chi connectivity index (χ1v) is 7.33. The van der Waals surface area contributed by atoms with Crippen LogP contribution in [0.3, 0.4) is 0 Å². The quantitative estimate of drug-likeness (QED) is 0.861. The molecule has 0 aliphatic carbocycles. The predicted molar refractivity (Wildman–Crippen MR) is 68.2 cm³/mol. The molecule has 0 atom stereocenters. The Hall–Kier alpha value is -1.21. The summed E-state index contributed by atoms with van der Waals surface area (Å²) in [7, 11) is -3.50. The van der Waals surface area contributed by atoms with E-state index in [2.05, 4.69) is 23.8 Å². The van der Waals surface area contributed by atoms with Crippen molar-refractivity contribution in [3.8, 4) is 0 Å². The second-order valence-electron chi connectivity index (χ2n) is 5.38. The number of sulfonamides is 1. The van der Waals surface area contributed by atoms with Gasteiger partial charge in [0.05, 0.1) is 12.4 Å². The molecule has 0 amide bonds. The molecule has 2 heterocycles. The van der Waals surface area contributed by atoms with Crippen molar-refractivity contribution >= 4 is 16.0 Å². The second-order valence-corrected chi connectivity index (χ2v) is 7.32. The normalized spacial score (nSPS) is 20.8. The van der Waals surface area contributed by atoms with Crippen LogP contribution in [0.5, 0.6) is 0 Å². The maximum Gasteiger partial charge on any atom is 0.246 e. The van der Waals surface area contributed by atoms with Gasteiger partial charge in [-0.25, -0.2) is 18.4 Å². The van der Waals surface area contributed by atoms with Gasteiger partial charge in [-0.3, -0.25) is 0 Å². The fraction of sp³-hybridized carbons (Fsp3) is 0.636. The molecule has 2 N–H and O–H groups in total. The summed E-state index contributed by atoms with van der Waals surface area (Å²) in [6.45, 7) is 5.23. The Kier molecular flexibility index (Phi) is 3.29. The highest BCUT2D eigenvalue weighted by molar-refractivity contribution is 7.89. The molecule has 7 heteroatoms. The molecule has 1 aliphatic rings. The first kappa shape index (κ1) is 13.2. The number of piperidine rings is 1. The van der Waals surface area contributed by atoms with Gasteiger partial charge in [-0.15, -0.1) is 0 Å². The Morgan fingerprint density at radius 3 is 2.50 bits per heavy atom. The number of nitrogens with two attached hydrogens (primary N) is 1. The van der Waals surface area contributed by atoms with Gasteiger partial charge < -0.3 is 5.73 Å². The first-order chi connectivity index (χ1) is 8.31. The zero-order chi connectivity index (χ0) is 13.4. The van der Waals surface area contributed by atoms with E-state index in [1.54, 1.807) is 0 Å². The molecule has 1 aromatic rings. The number of hydrogen-bond acceptors (Lipinski definition) is 5. The van der Waals surface area contributed by atoms with Gasteiger partial charge in [-0.05, 0) is 18.3 Å². The third-order valence-electron chi connectivity index (χ3n) is 3.15. The fourth-order valence-corrected chi connectivity index (χ4v) is 3.74. The van der Waals surface area contributed by atoms with Gasteiger partial charge in [-0.1, -0.05) is 13.8 Å². The smallest absolute Gasteiger partial charge is 0.246 e. The van der Waals surface area contributed by atoms with Crippen LogP contribution in [0.15, 0.2) is 17.3 Å². The molecule has 0 spiro atoms. The number of anilines is 1. The molecule has 0 radical (unpaired) electrons. The minimum absolute atomic E-state index is 0.0139. The van der Waals surface area contributed by atoms with Gasteiger partial charge in [-0.2, -0.15) is 4.31 Å². The van der Waals surface area contributed by atoms with Crippen molar-refractivity contribution in [3.63, 3.8) is 0 Å². The van der Waals surface area contributed by atoms with E-state index in [0.717, 1.165) is 12.8 Å². The van der Waals surface area contributed by atoms with E-state index < -0.39 is 10.0 Å². The molecule has 100 valence electrons. The van der Waals surface area contributed by atoms with Crippen LogP contribution in [-0.4, -0.2) is 35.8 Å². The Morgan fingerprint density at radius 1 is 1.33 bits per heavy atom. The fourth-order valence-electron chi connectivity index (χ4n) is 2.18. The SMILES string of the molecule is CC1(C)CCCN(S(=O)(=O)c2cnc(N)nc2)C1. The van der Waals surface area contributed by atoms with E-state index in [1.165, 1.54) is 16.7 Å². The Balaban J connectivity index is 2.28. The van der Waals surface area contributed by atoms with E-state index in [4.69, 9.17) is 5.73 Å². The number of hydrogen-bond donors (Lipinski definition) is 1. The summed E-state index contributed by atoms with van der Waals surface area (Å²) in [5, 5.41) is 0. The Labute approximate surface area is 107 Å². The number of rotatable bonds is 2. The Bertz CT molecular complexity index is 524. The average molecular weight is 270 g/mol. The van der Waals surface area contributed by atoms with Gasteiger partial charge in [0.2, 0.25) is 16.0 Å². The topological polar surface area (TPSA) is 89.2 Å². The van der Waals surface area contributed by atoms with Crippen molar-refractivity contribution < 1.29 is 8.42 Å². The van der Waals surface area contributed by atoms with Gasteiger partial charge in [0.25, 0.3) is 0 Å². The largest absolute Gasteiger partial charge is 0.368 e. The van der Waals surface area contributed by atoms with Crippen LogP contribution < -0.4 is 5.73 Å². The number of nitrogens with zero attached hydrogens (tertiary/aromatic N) is 3. The van der Waals surface area contributed by atoms with E-state index >= 15 is 0 Å². The van der Waals surface area contributed by atoms with Crippen LogP contribution >= 0.6 is 0 Å². The van der Waals surface area contributed by atoms with Crippen LogP contribution in [0.25, 0.3) is 0 Å². The summed E-state index contributed by atoms with van der Waals surface area (Å²) in [6.07, 6.45) is 4.44. The first-order valence-electron chi connectivity index (χ1n) is 5.89. The minimum atomic E-state index is -3.50. The molecule has 2 rings (SSSR count). The highest BCUT2D eigenvalue weighted by Gasteiger charge is 2.34. The average Bonchev–Trinajstić information content (AvgIpc) is 2.28. The molecule has 0 bridgehead atoms. The van der Waals surface area contributed by atoms with Crippen LogP contribution in [0.2, 0.25) is 0 Å². The predicted octanol–water partition coefficient (Wildman–Crippen LogP) is 0.870. The van der Waals surface area contributed by atoms with E-state index in [1.807, 2.05) is 0 Å². The zero-order valence-electron chi connectivity index (χ0n) is 10.6. The standard InChI is InChI=1S/C11H18N4O2S/c1-11(2)4-3-5-15(8-11)18(16,17)9-6-13-10(12)14-7-9/h6-7H,3-5,8H2,1-2H3,(H2,12,13,14). The van der Waals surface area contributed by atoms with Crippen molar-refractivity contribution in [2.24, 2.45) is 5.41 Å².